The van der Waals surface area contributed by atoms with Gasteiger partial charge in [-0.1, -0.05) is 24.1 Å². The normalized spacial score (nSPS) is 14.7. The highest BCUT2D eigenvalue weighted by molar-refractivity contribution is 14.1. The average Bonchev–Trinajstić information content (AvgIpc) is 2.95. The van der Waals surface area contributed by atoms with Crippen LogP contribution in [0.4, 0.5) is 10.5 Å². The fraction of sp³-hybridized carbons (Fsp3) is 0.0952. The van der Waals surface area contributed by atoms with E-state index in [0.29, 0.717) is 11.4 Å². The Balaban J connectivity index is 1.73. The van der Waals surface area contributed by atoms with E-state index in [9.17, 15) is 14.4 Å². The van der Waals surface area contributed by atoms with Crippen LogP contribution in [-0.2, 0) is 9.59 Å². The summed E-state index contributed by atoms with van der Waals surface area (Å²) in [6.07, 6.45) is 6.87. The van der Waals surface area contributed by atoms with Crippen LogP contribution >= 0.6 is 56.9 Å². The van der Waals surface area contributed by atoms with Crippen molar-refractivity contribution in [2.75, 3.05) is 18.5 Å². The molecule has 1 saturated heterocycles. The topological polar surface area (TPSA) is 75.7 Å². The molecule has 2 aromatic carbocycles. The smallest absolute Gasteiger partial charge is 0.294 e. The van der Waals surface area contributed by atoms with Crippen LogP contribution in [0, 0.1) is 19.5 Å². The first-order valence-corrected chi connectivity index (χ1v) is 11.5. The number of benzene rings is 2. The first kappa shape index (κ1) is 22.6. The van der Waals surface area contributed by atoms with Crippen LogP contribution in [0.1, 0.15) is 5.56 Å². The molecule has 0 atom stereocenters. The summed E-state index contributed by atoms with van der Waals surface area (Å²) in [6, 6.07) is 12.5. The zero-order valence-electron chi connectivity index (χ0n) is 15.4. The van der Waals surface area contributed by atoms with Gasteiger partial charge in [0, 0.05) is 5.69 Å². The van der Waals surface area contributed by atoms with Crippen LogP contribution in [0.3, 0.4) is 0 Å². The van der Waals surface area contributed by atoms with E-state index in [1.807, 2.05) is 18.2 Å². The number of carbonyl (C=O) groups is 3. The molecular weight excluding hydrogens is 630 g/mol. The van der Waals surface area contributed by atoms with Crippen molar-refractivity contribution in [3.63, 3.8) is 0 Å². The summed E-state index contributed by atoms with van der Waals surface area (Å²) >= 11 is 5.07. The predicted molar refractivity (Wildman–Crippen MR) is 134 cm³/mol. The number of terminal acetylenes is 1. The second-order valence-corrected chi connectivity index (χ2v) is 9.31. The van der Waals surface area contributed by atoms with Crippen LogP contribution in [0.2, 0.25) is 0 Å². The Kier molecular flexibility index (Phi) is 7.79. The highest BCUT2D eigenvalue weighted by Gasteiger charge is 2.36. The number of para-hydroxylation sites is 1. The Hall–Kier alpha value is -2.04. The molecule has 1 N–H and O–H groups in total. The van der Waals surface area contributed by atoms with Gasteiger partial charge in [0.1, 0.15) is 18.9 Å². The van der Waals surface area contributed by atoms with Crippen molar-refractivity contribution in [1.82, 2.24) is 4.90 Å². The molecule has 1 fully saturated rings. The largest absolute Gasteiger partial charge is 0.479 e. The third-order valence-electron chi connectivity index (χ3n) is 3.85. The van der Waals surface area contributed by atoms with E-state index >= 15 is 0 Å². The van der Waals surface area contributed by atoms with Gasteiger partial charge in [-0.15, -0.1) is 6.42 Å². The molecule has 3 rings (SSSR count). The number of rotatable bonds is 6. The van der Waals surface area contributed by atoms with Crippen molar-refractivity contribution >= 4 is 85.8 Å². The number of nitrogens with zero attached hydrogens (tertiary/aromatic N) is 1. The lowest BCUT2D eigenvalue weighted by atomic mass is 10.2. The monoisotopic (exact) mass is 644 g/mol. The fourth-order valence-electron chi connectivity index (χ4n) is 2.57. The molecule has 152 valence electrons. The second kappa shape index (κ2) is 10.3. The van der Waals surface area contributed by atoms with Gasteiger partial charge in [0.05, 0.1) is 12.0 Å². The van der Waals surface area contributed by atoms with Gasteiger partial charge in [-0.2, -0.15) is 0 Å². The molecule has 6 nitrogen and oxygen atoms in total. The summed E-state index contributed by atoms with van der Waals surface area (Å²) in [5.41, 5.74) is 1.34. The van der Waals surface area contributed by atoms with Crippen LogP contribution < -0.4 is 10.1 Å². The lowest BCUT2D eigenvalue weighted by molar-refractivity contribution is -0.127. The van der Waals surface area contributed by atoms with Crippen LogP contribution in [-0.4, -0.2) is 35.1 Å². The second-order valence-electron chi connectivity index (χ2n) is 5.99. The van der Waals surface area contributed by atoms with Gasteiger partial charge in [-0.05, 0) is 92.8 Å². The Labute approximate surface area is 205 Å². The number of carbonyl (C=O) groups excluding carboxylic acids is 3. The van der Waals surface area contributed by atoms with E-state index in [2.05, 4.69) is 56.4 Å². The van der Waals surface area contributed by atoms with E-state index in [1.165, 1.54) is 0 Å². The zero-order chi connectivity index (χ0) is 21.7. The number of thioether (sulfide) groups is 1. The third kappa shape index (κ3) is 5.55. The first-order chi connectivity index (χ1) is 14.4. The van der Waals surface area contributed by atoms with E-state index in [1.54, 1.807) is 30.3 Å². The summed E-state index contributed by atoms with van der Waals surface area (Å²) < 4.78 is 7.21. The van der Waals surface area contributed by atoms with Gasteiger partial charge in [-0.3, -0.25) is 19.3 Å². The van der Waals surface area contributed by atoms with E-state index < -0.39 is 17.1 Å². The number of halogens is 2. The number of anilines is 1. The minimum Gasteiger partial charge on any atom is -0.479 e. The molecule has 9 heteroatoms. The van der Waals surface area contributed by atoms with Crippen molar-refractivity contribution < 1.29 is 19.1 Å². The molecule has 1 aliphatic heterocycles. The molecule has 0 aliphatic carbocycles. The van der Waals surface area contributed by atoms with Crippen molar-refractivity contribution in [3.8, 4) is 18.1 Å². The van der Waals surface area contributed by atoms with Gasteiger partial charge in [0.2, 0.25) is 5.91 Å². The summed E-state index contributed by atoms with van der Waals surface area (Å²) in [6.45, 7) is -0.180. The molecule has 0 bridgehead atoms. The summed E-state index contributed by atoms with van der Waals surface area (Å²) in [5, 5.41) is 2.19. The molecule has 0 aromatic heterocycles. The van der Waals surface area contributed by atoms with Gasteiger partial charge in [0.25, 0.3) is 11.1 Å². The van der Waals surface area contributed by atoms with Crippen molar-refractivity contribution in [2.45, 2.75) is 0 Å². The van der Waals surface area contributed by atoms with Crippen molar-refractivity contribution in [1.29, 1.82) is 0 Å². The molecular formula is C21H14I2N2O4S. The Morgan fingerprint density at radius 2 is 1.87 bits per heavy atom. The lowest BCUT2D eigenvalue weighted by Gasteiger charge is -2.12. The maximum Gasteiger partial charge on any atom is 0.294 e. The maximum absolute atomic E-state index is 12.7. The summed E-state index contributed by atoms with van der Waals surface area (Å²) in [5.74, 6) is 2.17. The van der Waals surface area contributed by atoms with Gasteiger partial charge >= 0.3 is 0 Å². The molecule has 1 aliphatic rings. The molecule has 30 heavy (non-hydrogen) atoms. The molecule has 3 amide bonds. The highest BCUT2D eigenvalue weighted by Crippen LogP contribution is 2.34. The summed E-state index contributed by atoms with van der Waals surface area (Å²) in [4.78, 5) is 38.4. The van der Waals surface area contributed by atoms with E-state index in [0.717, 1.165) is 29.4 Å². The Morgan fingerprint density at radius 1 is 1.20 bits per heavy atom. The molecule has 0 saturated carbocycles. The van der Waals surface area contributed by atoms with Crippen LogP contribution in [0.15, 0.2) is 47.4 Å². The highest BCUT2D eigenvalue weighted by atomic mass is 127. The first-order valence-electron chi connectivity index (χ1n) is 8.54. The number of imide groups is 1. The third-order valence-corrected chi connectivity index (χ3v) is 6.36. The van der Waals surface area contributed by atoms with Gasteiger partial charge in [0.15, 0.2) is 0 Å². The SMILES string of the molecule is C#CCOc1c(I)cc(/C=C2\SC(=O)N(CC(=O)Nc3ccccc3)C2=O)cc1I. The number of amides is 3. The summed E-state index contributed by atoms with van der Waals surface area (Å²) in [7, 11) is 0. The van der Waals surface area contributed by atoms with Crippen molar-refractivity contribution in [3.05, 3.63) is 60.1 Å². The molecule has 0 radical (unpaired) electrons. The molecule has 0 spiro atoms. The maximum atomic E-state index is 12.7. The van der Waals surface area contributed by atoms with Gasteiger partial charge in [-0.25, -0.2) is 0 Å². The average molecular weight is 644 g/mol. The Bertz CT molecular complexity index is 1060. The van der Waals surface area contributed by atoms with Gasteiger partial charge < -0.3 is 10.1 Å². The number of hydrogen-bond acceptors (Lipinski definition) is 5. The van der Waals surface area contributed by atoms with E-state index in [4.69, 9.17) is 11.2 Å². The lowest BCUT2D eigenvalue weighted by Crippen LogP contribution is -2.36. The number of hydrogen-bond donors (Lipinski definition) is 1. The molecule has 1 heterocycles. The fourth-order valence-corrected chi connectivity index (χ4v) is 5.53. The zero-order valence-corrected chi connectivity index (χ0v) is 20.5. The van der Waals surface area contributed by atoms with Crippen LogP contribution in [0.25, 0.3) is 6.08 Å². The number of ether oxygens (including phenoxy) is 1. The quantitative estimate of drug-likeness (QED) is 0.283. The predicted octanol–water partition coefficient (Wildman–Crippen LogP) is 4.58. The van der Waals surface area contributed by atoms with Crippen molar-refractivity contribution in [2.24, 2.45) is 0 Å². The number of nitrogens with one attached hydrogen (secondary N) is 1. The van der Waals surface area contributed by atoms with E-state index in [-0.39, 0.29) is 18.1 Å². The standard InChI is InChI=1S/C21H14I2N2O4S/c1-2-8-29-19-15(22)9-13(10-16(19)23)11-17-20(27)25(21(28)30-17)12-18(26)24-14-6-4-3-5-7-14/h1,3-7,9-11H,8,12H2,(H,24,26)/b17-11-. The Morgan fingerprint density at radius 3 is 2.50 bits per heavy atom. The molecule has 0 unspecified atom stereocenters. The minimum absolute atomic E-state index is 0.162. The van der Waals surface area contributed by atoms with Crippen LogP contribution in [0.5, 0.6) is 5.75 Å². The molecule has 2 aromatic rings. The minimum atomic E-state index is -0.495.